The van der Waals surface area contributed by atoms with Crippen LogP contribution in [0.3, 0.4) is 0 Å². The Morgan fingerprint density at radius 1 is 1.35 bits per heavy atom. The molecule has 1 aliphatic heterocycles. The summed E-state index contributed by atoms with van der Waals surface area (Å²) in [5.41, 5.74) is -0.664. The maximum absolute atomic E-state index is 11.8. The third kappa shape index (κ3) is 4.63. The summed E-state index contributed by atoms with van der Waals surface area (Å²) in [6, 6.07) is -0.140. The average molecular weight is 283 g/mol. The van der Waals surface area contributed by atoms with Gasteiger partial charge in [0.2, 0.25) is 0 Å². The van der Waals surface area contributed by atoms with Crippen LogP contribution in [-0.2, 0) is 0 Å². The number of hydrogen-bond donors (Lipinski definition) is 3. The van der Waals surface area contributed by atoms with Gasteiger partial charge in [-0.15, -0.1) is 0 Å². The lowest BCUT2D eigenvalue weighted by Crippen LogP contribution is -2.46. The SMILES string of the molecule is CCCN1CCC(CNC(=O)NCC2(O)CCCC2)C1. The second-order valence-corrected chi connectivity index (χ2v) is 6.45. The lowest BCUT2D eigenvalue weighted by Gasteiger charge is -2.22. The van der Waals surface area contributed by atoms with Gasteiger partial charge in [0, 0.05) is 19.6 Å². The first kappa shape index (κ1) is 15.6. The predicted octanol–water partition coefficient (Wildman–Crippen LogP) is 1.32. The molecule has 1 heterocycles. The number of urea groups is 1. The largest absolute Gasteiger partial charge is 0.388 e. The lowest BCUT2D eigenvalue weighted by molar-refractivity contribution is 0.0501. The number of hydrogen-bond acceptors (Lipinski definition) is 3. The van der Waals surface area contributed by atoms with Crippen LogP contribution in [-0.4, -0.2) is 54.4 Å². The molecule has 2 rings (SSSR count). The third-order valence-corrected chi connectivity index (χ3v) is 4.57. The molecule has 0 spiro atoms. The number of aliphatic hydroxyl groups is 1. The number of nitrogens with one attached hydrogen (secondary N) is 2. The van der Waals surface area contributed by atoms with Crippen molar-refractivity contribution in [2.24, 2.45) is 5.92 Å². The number of amides is 2. The summed E-state index contributed by atoms with van der Waals surface area (Å²) in [7, 11) is 0. The van der Waals surface area contributed by atoms with Crippen molar-refractivity contribution in [1.29, 1.82) is 0 Å². The smallest absolute Gasteiger partial charge is 0.314 e. The van der Waals surface area contributed by atoms with Crippen molar-refractivity contribution in [3.63, 3.8) is 0 Å². The van der Waals surface area contributed by atoms with Crippen molar-refractivity contribution in [3.05, 3.63) is 0 Å². The Hall–Kier alpha value is -0.810. The third-order valence-electron chi connectivity index (χ3n) is 4.57. The average Bonchev–Trinajstić information content (AvgIpc) is 3.05. The summed E-state index contributed by atoms with van der Waals surface area (Å²) in [4.78, 5) is 14.2. The summed E-state index contributed by atoms with van der Waals surface area (Å²) in [6.07, 6.45) is 6.11. The van der Waals surface area contributed by atoms with E-state index in [4.69, 9.17) is 0 Å². The zero-order chi connectivity index (χ0) is 14.4. The molecule has 5 nitrogen and oxygen atoms in total. The molecule has 1 saturated carbocycles. The highest BCUT2D eigenvalue weighted by Crippen LogP contribution is 2.28. The molecular formula is C15H29N3O2. The van der Waals surface area contributed by atoms with Crippen LogP contribution in [0.4, 0.5) is 4.79 Å². The highest BCUT2D eigenvalue weighted by atomic mass is 16.3. The molecule has 2 amide bonds. The Morgan fingerprint density at radius 2 is 2.10 bits per heavy atom. The van der Waals surface area contributed by atoms with E-state index < -0.39 is 5.60 Å². The van der Waals surface area contributed by atoms with Crippen molar-refractivity contribution in [3.8, 4) is 0 Å². The van der Waals surface area contributed by atoms with E-state index in [-0.39, 0.29) is 6.03 Å². The number of carbonyl (C=O) groups is 1. The molecule has 0 aromatic heterocycles. The summed E-state index contributed by atoms with van der Waals surface area (Å²) >= 11 is 0. The molecule has 1 unspecified atom stereocenters. The van der Waals surface area contributed by atoms with Gasteiger partial charge in [-0.3, -0.25) is 0 Å². The number of carbonyl (C=O) groups excluding carboxylic acids is 1. The van der Waals surface area contributed by atoms with E-state index >= 15 is 0 Å². The van der Waals surface area contributed by atoms with Gasteiger partial charge in [-0.1, -0.05) is 19.8 Å². The van der Waals surface area contributed by atoms with Gasteiger partial charge in [0.25, 0.3) is 0 Å². The molecule has 1 atom stereocenters. The molecule has 5 heteroatoms. The van der Waals surface area contributed by atoms with Gasteiger partial charge in [-0.2, -0.15) is 0 Å². The minimum Gasteiger partial charge on any atom is -0.388 e. The van der Waals surface area contributed by atoms with E-state index in [0.717, 1.165) is 51.9 Å². The summed E-state index contributed by atoms with van der Waals surface area (Å²) < 4.78 is 0. The fourth-order valence-corrected chi connectivity index (χ4v) is 3.35. The van der Waals surface area contributed by atoms with E-state index in [0.29, 0.717) is 12.5 Å². The highest BCUT2D eigenvalue weighted by molar-refractivity contribution is 5.73. The van der Waals surface area contributed by atoms with Crippen molar-refractivity contribution in [1.82, 2.24) is 15.5 Å². The van der Waals surface area contributed by atoms with Gasteiger partial charge in [0.15, 0.2) is 0 Å². The fraction of sp³-hybridized carbons (Fsp3) is 0.933. The Kier molecular flexibility index (Phi) is 5.66. The molecule has 0 aromatic rings. The normalized spacial score (nSPS) is 25.8. The van der Waals surface area contributed by atoms with Gasteiger partial charge in [-0.05, 0) is 44.7 Å². The van der Waals surface area contributed by atoms with Crippen molar-refractivity contribution >= 4 is 6.03 Å². The highest BCUT2D eigenvalue weighted by Gasteiger charge is 2.31. The van der Waals surface area contributed by atoms with Gasteiger partial charge in [-0.25, -0.2) is 4.79 Å². The first-order valence-corrected chi connectivity index (χ1v) is 8.08. The Morgan fingerprint density at radius 3 is 2.80 bits per heavy atom. The number of likely N-dealkylation sites (tertiary alicyclic amines) is 1. The van der Waals surface area contributed by atoms with E-state index in [9.17, 15) is 9.90 Å². The lowest BCUT2D eigenvalue weighted by atomic mass is 10.0. The van der Waals surface area contributed by atoms with Crippen LogP contribution in [0.1, 0.15) is 45.4 Å². The topological polar surface area (TPSA) is 64.6 Å². The van der Waals surface area contributed by atoms with Crippen molar-refractivity contribution in [2.45, 2.75) is 51.0 Å². The molecule has 0 bridgehead atoms. The standard InChI is InChI=1S/C15H29N3O2/c1-2-8-18-9-5-13(11-18)10-16-14(19)17-12-15(20)6-3-4-7-15/h13,20H,2-12H2,1H3,(H2,16,17,19). The Labute approximate surface area is 122 Å². The van der Waals surface area contributed by atoms with E-state index in [2.05, 4.69) is 22.5 Å². The van der Waals surface area contributed by atoms with Gasteiger partial charge >= 0.3 is 6.03 Å². The molecular weight excluding hydrogens is 254 g/mol. The maximum Gasteiger partial charge on any atom is 0.314 e. The zero-order valence-corrected chi connectivity index (χ0v) is 12.7. The predicted molar refractivity (Wildman–Crippen MR) is 79.7 cm³/mol. The first-order valence-electron chi connectivity index (χ1n) is 8.08. The fourth-order valence-electron chi connectivity index (χ4n) is 3.35. The van der Waals surface area contributed by atoms with Crippen molar-refractivity contribution in [2.75, 3.05) is 32.7 Å². The van der Waals surface area contributed by atoms with Crippen LogP contribution in [0, 0.1) is 5.92 Å². The van der Waals surface area contributed by atoms with E-state index in [1.807, 2.05) is 0 Å². The minimum absolute atomic E-state index is 0.140. The van der Waals surface area contributed by atoms with Crippen LogP contribution in [0.2, 0.25) is 0 Å². The zero-order valence-electron chi connectivity index (χ0n) is 12.7. The van der Waals surface area contributed by atoms with Gasteiger partial charge < -0.3 is 20.6 Å². The second-order valence-electron chi connectivity index (χ2n) is 6.45. The van der Waals surface area contributed by atoms with Crippen LogP contribution >= 0.6 is 0 Å². The Bertz CT molecular complexity index is 316. The minimum atomic E-state index is -0.664. The molecule has 20 heavy (non-hydrogen) atoms. The molecule has 2 aliphatic rings. The first-order chi connectivity index (χ1) is 9.61. The summed E-state index contributed by atoms with van der Waals surface area (Å²) in [5, 5.41) is 15.9. The van der Waals surface area contributed by atoms with Gasteiger partial charge in [0.05, 0.1) is 5.60 Å². The molecule has 0 aromatic carbocycles. The van der Waals surface area contributed by atoms with Gasteiger partial charge in [0.1, 0.15) is 0 Å². The van der Waals surface area contributed by atoms with Crippen LogP contribution in [0.25, 0.3) is 0 Å². The number of nitrogens with zero attached hydrogens (tertiary/aromatic N) is 1. The van der Waals surface area contributed by atoms with Crippen LogP contribution in [0.15, 0.2) is 0 Å². The summed E-state index contributed by atoms with van der Waals surface area (Å²) in [5.74, 6) is 0.571. The molecule has 116 valence electrons. The van der Waals surface area contributed by atoms with E-state index in [1.165, 1.54) is 12.8 Å². The maximum atomic E-state index is 11.8. The Balaban J connectivity index is 1.58. The summed E-state index contributed by atoms with van der Waals surface area (Å²) in [6.45, 7) is 6.73. The molecule has 2 fully saturated rings. The second kappa shape index (κ2) is 7.27. The number of rotatable bonds is 6. The molecule has 3 N–H and O–H groups in total. The molecule has 0 radical (unpaired) electrons. The van der Waals surface area contributed by atoms with Crippen LogP contribution < -0.4 is 10.6 Å². The van der Waals surface area contributed by atoms with Crippen LogP contribution in [0.5, 0.6) is 0 Å². The molecule has 1 aliphatic carbocycles. The molecule has 1 saturated heterocycles. The van der Waals surface area contributed by atoms with Crippen molar-refractivity contribution < 1.29 is 9.90 Å². The monoisotopic (exact) mass is 283 g/mol. The van der Waals surface area contributed by atoms with E-state index in [1.54, 1.807) is 0 Å². The quantitative estimate of drug-likeness (QED) is 0.689.